The van der Waals surface area contributed by atoms with Crippen LogP contribution in [0.4, 0.5) is 0 Å². The Hall–Kier alpha value is -2.36. The van der Waals surface area contributed by atoms with E-state index in [1.54, 1.807) is 0 Å². The first kappa shape index (κ1) is 9.84. The standard InChI is InChI=1S/C13H11N3O/c1-9-7-8-11-13(15-16(17)14-11)12(9)10-5-3-2-4-6-10/h2-8,17H,1H3. The summed E-state index contributed by atoms with van der Waals surface area (Å²) in [7, 11) is 0. The Kier molecular flexibility index (Phi) is 2.08. The number of aromatic nitrogens is 3. The van der Waals surface area contributed by atoms with Gasteiger partial charge in [-0.3, -0.25) is 0 Å². The van der Waals surface area contributed by atoms with Crippen molar-refractivity contribution in [3.8, 4) is 11.1 Å². The van der Waals surface area contributed by atoms with Crippen LogP contribution in [0.25, 0.3) is 22.2 Å². The van der Waals surface area contributed by atoms with Gasteiger partial charge in [-0.05, 0) is 29.1 Å². The fraction of sp³-hybridized carbons (Fsp3) is 0.0769. The lowest BCUT2D eigenvalue weighted by atomic mass is 9.99. The quantitative estimate of drug-likeness (QED) is 0.648. The number of hydrogen-bond donors (Lipinski definition) is 1. The van der Waals surface area contributed by atoms with E-state index in [4.69, 9.17) is 0 Å². The van der Waals surface area contributed by atoms with Crippen LogP contribution in [-0.2, 0) is 0 Å². The van der Waals surface area contributed by atoms with E-state index < -0.39 is 0 Å². The van der Waals surface area contributed by atoms with E-state index >= 15 is 0 Å². The zero-order valence-corrected chi connectivity index (χ0v) is 9.33. The second-order valence-corrected chi connectivity index (χ2v) is 3.96. The monoisotopic (exact) mass is 225 g/mol. The van der Waals surface area contributed by atoms with Crippen molar-refractivity contribution in [2.24, 2.45) is 0 Å². The van der Waals surface area contributed by atoms with Crippen molar-refractivity contribution in [3.63, 3.8) is 0 Å². The first-order valence-electron chi connectivity index (χ1n) is 5.37. The van der Waals surface area contributed by atoms with Crippen molar-refractivity contribution in [2.45, 2.75) is 6.92 Å². The van der Waals surface area contributed by atoms with Crippen molar-refractivity contribution in [1.82, 2.24) is 15.2 Å². The lowest BCUT2D eigenvalue weighted by molar-refractivity contribution is 0.113. The first-order valence-corrected chi connectivity index (χ1v) is 5.37. The van der Waals surface area contributed by atoms with Crippen LogP contribution < -0.4 is 0 Å². The molecule has 3 rings (SSSR count). The minimum Gasteiger partial charge on any atom is -0.396 e. The van der Waals surface area contributed by atoms with Crippen LogP contribution in [0, 0.1) is 6.92 Å². The largest absolute Gasteiger partial charge is 0.396 e. The van der Waals surface area contributed by atoms with Gasteiger partial charge in [0, 0.05) is 5.56 Å². The van der Waals surface area contributed by atoms with Gasteiger partial charge >= 0.3 is 0 Å². The number of benzene rings is 2. The molecule has 1 heterocycles. The molecule has 0 aliphatic carbocycles. The predicted octanol–water partition coefficient (Wildman–Crippen LogP) is 2.64. The topological polar surface area (TPSA) is 50.9 Å². The molecule has 3 aromatic rings. The molecule has 4 nitrogen and oxygen atoms in total. The molecular formula is C13H11N3O. The third kappa shape index (κ3) is 1.54. The van der Waals surface area contributed by atoms with Crippen LogP contribution >= 0.6 is 0 Å². The molecule has 0 bridgehead atoms. The summed E-state index contributed by atoms with van der Waals surface area (Å²) in [6.07, 6.45) is 0. The Labute approximate surface area is 98.1 Å². The minimum absolute atomic E-state index is 0.622. The second kappa shape index (κ2) is 3.59. The molecule has 2 aromatic carbocycles. The summed E-state index contributed by atoms with van der Waals surface area (Å²) in [5.74, 6) is 0. The average molecular weight is 225 g/mol. The maximum atomic E-state index is 9.31. The van der Waals surface area contributed by atoms with Gasteiger partial charge in [-0.2, -0.15) is 0 Å². The summed E-state index contributed by atoms with van der Waals surface area (Å²) in [5, 5.41) is 17.2. The first-order chi connectivity index (χ1) is 8.25. The van der Waals surface area contributed by atoms with Crippen molar-refractivity contribution in [1.29, 1.82) is 0 Å². The maximum Gasteiger partial charge on any atom is 0.125 e. The second-order valence-electron chi connectivity index (χ2n) is 3.96. The Bertz CT molecular complexity index is 674. The molecule has 0 aliphatic heterocycles. The highest BCUT2D eigenvalue weighted by molar-refractivity contribution is 5.93. The minimum atomic E-state index is 0.622. The van der Waals surface area contributed by atoms with E-state index in [9.17, 15) is 5.21 Å². The van der Waals surface area contributed by atoms with Gasteiger partial charge < -0.3 is 5.21 Å². The SMILES string of the molecule is Cc1ccc2nn(O)nc2c1-c1ccccc1. The number of hydrogen-bond acceptors (Lipinski definition) is 3. The van der Waals surface area contributed by atoms with E-state index in [0.29, 0.717) is 10.5 Å². The summed E-state index contributed by atoms with van der Waals surface area (Å²) in [4.78, 5) is 0.622. The predicted molar refractivity (Wildman–Crippen MR) is 64.9 cm³/mol. The van der Waals surface area contributed by atoms with Crippen LogP contribution in [-0.4, -0.2) is 20.4 Å². The highest BCUT2D eigenvalue weighted by Gasteiger charge is 2.11. The molecule has 84 valence electrons. The van der Waals surface area contributed by atoms with Crippen molar-refractivity contribution < 1.29 is 5.21 Å². The lowest BCUT2D eigenvalue weighted by Gasteiger charge is -2.05. The zero-order chi connectivity index (χ0) is 11.8. The summed E-state index contributed by atoms with van der Waals surface area (Å²) in [6.45, 7) is 2.03. The van der Waals surface area contributed by atoms with Gasteiger partial charge in [0.15, 0.2) is 0 Å². The summed E-state index contributed by atoms with van der Waals surface area (Å²) in [5.41, 5.74) is 4.62. The molecule has 0 saturated heterocycles. The van der Waals surface area contributed by atoms with Gasteiger partial charge in [0.25, 0.3) is 0 Å². The van der Waals surface area contributed by atoms with Crippen molar-refractivity contribution in [2.75, 3.05) is 0 Å². The van der Waals surface area contributed by atoms with E-state index in [2.05, 4.69) is 10.2 Å². The highest BCUT2D eigenvalue weighted by atomic mass is 16.5. The smallest absolute Gasteiger partial charge is 0.125 e. The molecule has 0 aliphatic rings. The van der Waals surface area contributed by atoms with E-state index in [-0.39, 0.29) is 0 Å². The summed E-state index contributed by atoms with van der Waals surface area (Å²) in [6, 6.07) is 13.8. The fourth-order valence-electron chi connectivity index (χ4n) is 2.04. The number of fused-ring (bicyclic) bond motifs is 1. The zero-order valence-electron chi connectivity index (χ0n) is 9.33. The van der Waals surface area contributed by atoms with Crippen LogP contribution in [0.1, 0.15) is 5.56 Å². The lowest BCUT2D eigenvalue weighted by Crippen LogP contribution is -1.93. The Balaban J connectivity index is 2.38. The number of nitrogens with zero attached hydrogens (tertiary/aromatic N) is 3. The molecule has 0 amide bonds. The molecular weight excluding hydrogens is 214 g/mol. The van der Waals surface area contributed by atoms with Crippen LogP contribution in [0.2, 0.25) is 0 Å². The average Bonchev–Trinajstić information content (AvgIpc) is 2.70. The highest BCUT2D eigenvalue weighted by Crippen LogP contribution is 2.29. The molecule has 0 atom stereocenters. The summed E-state index contributed by atoms with van der Waals surface area (Å²) >= 11 is 0. The van der Waals surface area contributed by atoms with Gasteiger partial charge in [-0.1, -0.05) is 36.4 Å². The molecule has 0 fully saturated rings. The van der Waals surface area contributed by atoms with Crippen molar-refractivity contribution in [3.05, 3.63) is 48.0 Å². The van der Waals surface area contributed by atoms with Crippen molar-refractivity contribution >= 4 is 11.0 Å². The number of aryl methyl sites for hydroxylation is 1. The molecule has 0 spiro atoms. The van der Waals surface area contributed by atoms with Gasteiger partial charge in [0.2, 0.25) is 0 Å². The van der Waals surface area contributed by atoms with E-state index in [1.807, 2.05) is 49.4 Å². The molecule has 0 unspecified atom stereocenters. The van der Waals surface area contributed by atoms with E-state index in [1.165, 1.54) is 0 Å². The maximum absolute atomic E-state index is 9.31. The Morgan fingerprint density at radius 1 is 1.00 bits per heavy atom. The molecule has 17 heavy (non-hydrogen) atoms. The molecule has 1 N–H and O–H groups in total. The number of rotatable bonds is 1. The van der Waals surface area contributed by atoms with Gasteiger partial charge in [-0.15, -0.1) is 10.2 Å². The van der Waals surface area contributed by atoms with Crippen LogP contribution in [0.15, 0.2) is 42.5 Å². The van der Waals surface area contributed by atoms with Crippen LogP contribution in [0.5, 0.6) is 0 Å². The third-order valence-corrected chi connectivity index (χ3v) is 2.81. The fourth-order valence-corrected chi connectivity index (χ4v) is 2.04. The van der Waals surface area contributed by atoms with E-state index in [0.717, 1.165) is 22.2 Å². The van der Waals surface area contributed by atoms with Gasteiger partial charge in [0.1, 0.15) is 11.0 Å². The van der Waals surface area contributed by atoms with Gasteiger partial charge in [0.05, 0.1) is 0 Å². The summed E-state index contributed by atoms with van der Waals surface area (Å²) < 4.78 is 0. The normalized spacial score (nSPS) is 10.9. The molecule has 0 radical (unpaired) electrons. The molecule has 4 heteroatoms. The third-order valence-electron chi connectivity index (χ3n) is 2.81. The van der Waals surface area contributed by atoms with Gasteiger partial charge in [-0.25, -0.2) is 0 Å². The Morgan fingerprint density at radius 2 is 1.76 bits per heavy atom. The van der Waals surface area contributed by atoms with Crippen LogP contribution in [0.3, 0.4) is 0 Å². The Morgan fingerprint density at radius 3 is 2.53 bits per heavy atom. The molecule has 0 saturated carbocycles. The molecule has 1 aromatic heterocycles.